The molecule has 0 bridgehead atoms. The number of fused-ring (bicyclic) bond motifs is 3. The van der Waals surface area contributed by atoms with Gasteiger partial charge in [0.25, 0.3) is 5.56 Å². The number of phenols is 1. The number of phenolic OH excluding ortho intramolecular Hbond substituents is 1. The molecule has 2 heterocycles. The molecule has 0 saturated carbocycles. The quantitative estimate of drug-likeness (QED) is 0.658. The minimum absolute atomic E-state index is 0.120. The van der Waals surface area contributed by atoms with Gasteiger partial charge in [0, 0.05) is 10.6 Å². The van der Waals surface area contributed by atoms with Crippen LogP contribution in [0.3, 0.4) is 0 Å². The fourth-order valence-electron chi connectivity index (χ4n) is 3.71. The zero-order chi connectivity index (χ0) is 19.8. The first-order valence-electron chi connectivity index (χ1n) is 9.47. The average Bonchev–Trinajstić information content (AvgIpc) is 3.04. The largest absolute Gasteiger partial charge is 0.508 e. The number of aromatic nitrogens is 3. The van der Waals surface area contributed by atoms with Crippen molar-refractivity contribution in [1.82, 2.24) is 15.0 Å². The summed E-state index contributed by atoms with van der Waals surface area (Å²) in [6.45, 7) is 4.06. The lowest BCUT2D eigenvalue weighted by Gasteiger charge is -2.18. The van der Waals surface area contributed by atoms with Gasteiger partial charge in [0.05, 0.1) is 5.39 Å². The molecule has 1 aliphatic carbocycles. The summed E-state index contributed by atoms with van der Waals surface area (Å²) in [4.78, 5) is 27.9. The highest BCUT2D eigenvalue weighted by Gasteiger charge is 2.27. The average molecular weight is 398 g/mol. The lowest BCUT2D eigenvalue weighted by molar-refractivity contribution is -0.119. The SMILES string of the molecule is CCC(C(=O)Nc1ccc(O)cc1)n1nnc2sc3c(c2c1=O)CCC(C)C3. The molecule has 2 aromatic heterocycles. The van der Waals surface area contributed by atoms with Gasteiger partial charge in [-0.2, -0.15) is 4.68 Å². The molecule has 2 unspecified atom stereocenters. The van der Waals surface area contributed by atoms with Gasteiger partial charge in [-0.3, -0.25) is 9.59 Å². The second-order valence-corrected chi connectivity index (χ2v) is 8.41. The summed E-state index contributed by atoms with van der Waals surface area (Å²) in [5.74, 6) is 0.394. The molecule has 0 aliphatic heterocycles. The zero-order valence-electron chi connectivity index (χ0n) is 15.8. The van der Waals surface area contributed by atoms with Gasteiger partial charge >= 0.3 is 0 Å². The van der Waals surface area contributed by atoms with Crippen molar-refractivity contribution < 1.29 is 9.90 Å². The van der Waals surface area contributed by atoms with E-state index >= 15 is 0 Å². The maximum absolute atomic E-state index is 13.2. The Kier molecular flexibility index (Phi) is 4.89. The Morgan fingerprint density at radius 1 is 1.39 bits per heavy atom. The van der Waals surface area contributed by atoms with E-state index in [1.165, 1.54) is 21.7 Å². The third kappa shape index (κ3) is 3.28. The van der Waals surface area contributed by atoms with Crippen molar-refractivity contribution >= 4 is 33.1 Å². The van der Waals surface area contributed by atoms with Crippen molar-refractivity contribution in [1.29, 1.82) is 0 Å². The van der Waals surface area contributed by atoms with Gasteiger partial charge in [-0.05, 0) is 61.4 Å². The molecule has 3 aromatic rings. The molecule has 7 nitrogen and oxygen atoms in total. The van der Waals surface area contributed by atoms with E-state index in [-0.39, 0.29) is 17.2 Å². The van der Waals surface area contributed by atoms with Gasteiger partial charge in [0.15, 0.2) is 4.83 Å². The van der Waals surface area contributed by atoms with Crippen LogP contribution in [0.25, 0.3) is 10.2 Å². The summed E-state index contributed by atoms with van der Waals surface area (Å²) in [7, 11) is 0. The van der Waals surface area contributed by atoms with E-state index in [9.17, 15) is 14.7 Å². The molecule has 8 heteroatoms. The van der Waals surface area contributed by atoms with Crippen LogP contribution < -0.4 is 10.9 Å². The van der Waals surface area contributed by atoms with E-state index in [0.29, 0.717) is 28.2 Å². The zero-order valence-corrected chi connectivity index (χ0v) is 16.6. The number of hydrogen-bond donors (Lipinski definition) is 2. The van der Waals surface area contributed by atoms with Crippen LogP contribution in [-0.2, 0) is 17.6 Å². The first-order chi connectivity index (χ1) is 13.5. The number of hydrogen-bond acceptors (Lipinski definition) is 6. The Balaban J connectivity index is 1.70. The molecule has 1 aliphatic rings. The molecule has 1 aromatic carbocycles. The number of thiophene rings is 1. The number of nitrogens with zero attached hydrogens (tertiary/aromatic N) is 3. The predicted molar refractivity (Wildman–Crippen MR) is 109 cm³/mol. The van der Waals surface area contributed by atoms with Crippen molar-refractivity contribution in [3.05, 3.63) is 45.1 Å². The van der Waals surface area contributed by atoms with Crippen molar-refractivity contribution in [3.8, 4) is 5.75 Å². The van der Waals surface area contributed by atoms with Crippen LogP contribution in [0, 0.1) is 5.92 Å². The minimum Gasteiger partial charge on any atom is -0.508 e. The second kappa shape index (κ2) is 7.35. The smallest absolute Gasteiger partial charge is 0.279 e. The summed E-state index contributed by atoms with van der Waals surface area (Å²) < 4.78 is 1.21. The number of amides is 1. The van der Waals surface area contributed by atoms with E-state index in [0.717, 1.165) is 24.8 Å². The molecular formula is C20H22N4O3S. The summed E-state index contributed by atoms with van der Waals surface area (Å²) >= 11 is 1.55. The maximum Gasteiger partial charge on any atom is 0.279 e. The van der Waals surface area contributed by atoms with Crippen LogP contribution in [0.2, 0.25) is 0 Å². The molecule has 146 valence electrons. The molecule has 0 saturated heterocycles. The number of carbonyl (C=O) groups is 1. The van der Waals surface area contributed by atoms with E-state index < -0.39 is 6.04 Å². The number of benzene rings is 1. The standard InChI is InChI=1S/C20H22N4O3S/c1-3-15(18(26)21-12-5-7-13(25)8-6-12)24-20(27)17-14-9-4-11(2)10-16(14)28-19(17)22-23-24/h5-8,11,15,25H,3-4,9-10H2,1-2H3,(H,21,26). The summed E-state index contributed by atoms with van der Waals surface area (Å²) in [5.41, 5.74) is 1.38. The second-order valence-electron chi connectivity index (χ2n) is 7.33. The monoisotopic (exact) mass is 398 g/mol. The number of carbonyl (C=O) groups excluding carboxylic acids is 1. The normalized spacial score (nSPS) is 17.3. The van der Waals surface area contributed by atoms with Gasteiger partial charge in [-0.25, -0.2) is 0 Å². The molecule has 2 atom stereocenters. The number of nitrogens with one attached hydrogen (secondary N) is 1. The van der Waals surface area contributed by atoms with Crippen molar-refractivity contribution in [2.24, 2.45) is 5.92 Å². The first-order valence-corrected chi connectivity index (χ1v) is 10.3. The fraction of sp³-hybridized carbons (Fsp3) is 0.400. The van der Waals surface area contributed by atoms with Gasteiger partial charge < -0.3 is 10.4 Å². The number of rotatable bonds is 4. The van der Waals surface area contributed by atoms with Crippen LogP contribution in [0.4, 0.5) is 5.69 Å². The number of aryl methyl sites for hydroxylation is 1. The van der Waals surface area contributed by atoms with Crippen LogP contribution in [0.1, 0.15) is 43.2 Å². The van der Waals surface area contributed by atoms with Crippen LogP contribution in [0.15, 0.2) is 29.1 Å². The van der Waals surface area contributed by atoms with Crippen LogP contribution >= 0.6 is 11.3 Å². The number of aromatic hydroxyl groups is 1. The highest BCUT2D eigenvalue weighted by molar-refractivity contribution is 7.18. The molecule has 1 amide bonds. The molecule has 0 spiro atoms. The summed E-state index contributed by atoms with van der Waals surface area (Å²) in [6, 6.07) is 5.44. The Morgan fingerprint density at radius 3 is 2.86 bits per heavy atom. The first kappa shape index (κ1) is 18.6. The van der Waals surface area contributed by atoms with E-state index in [1.807, 2.05) is 6.92 Å². The summed E-state index contributed by atoms with van der Waals surface area (Å²) in [6.07, 6.45) is 3.30. The van der Waals surface area contributed by atoms with Crippen LogP contribution in [-0.4, -0.2) is 26.0 Å². The predicted octanol–water partition coefficient (Wildman–Crippen LogP) is 3.27. The van der Waals surface area contributed by atoms with E-state index in [2.05, 4.69) is 22.6 Å². The van der Waals surface area contributed by atoms with E-state index in [4.69, 9.17) is 0 Å². The minimum atomic E-state index is -0.753. The van der Waals surface area contributed by atoms with E-state index in [1.54, 1.807) is 23.5 Å². The Bertz CT molecular complexity index is 1090. The Morgan fingerprint density at radius 2 is 2.14 bits per heavy atom. The molecule has 2 N–H and O–H groups in total. The summed E-state index contributed by atoms with van der Waals surface area (Å²) in [5, 5.41) is 21.1. The van der Waals surface area contributed by atoms with Crippen molar-refractivity contribution in [3.63, 3.8) is 0 Å². The highest BCUT2D eigenvalue weighted by atomic mass is 32.1. The number of anilines is 1. The maximum atomic E-state index is 13.2. The topological polar surface area (TPSA) is 97.1 Å². The van der Waals surface area contributed by atoms with Crippen molar-refractivity contribution in [2.45, 2.75) is 45.6 Å². The molecule has 4 rings (SSSR count). The Labute approximate surface area is 166 Å². The van der Waals surface area contributed by atoms with Gasteiger partial charge in [0.1, 0.15) is 11.8 Å². The highest BCUT2D eigenvalue weighted by Crippen LogP contribution is 2.35. The third-order valence-corrected chi connectivity index (χ3v) is 6.40. The van der Waals surface area contributed by atoms with Crippen molar-refractivity contribution in [2.75, 3.05) is 5.32 Å². The fourth-order valence-corrected chi connectivity index (χ4v) is 5.03. The lowest BCUT2D eigenvalue weighted by atomic mass is 9.89. The molecule has 0 radical (unpaired) electrons. The third-order valence-electron chi connectivity index (χ3n) is 5.27. The molecule has 0 fully saturated rings. The van der Waals surface area contributed by atoms with Crippen LogP contribution in [0.5, 0.6) is 5.75 Å². The Hall–Kier alpha value is -2.74. The lowest BCUT2D eigenvalue weighted by Crippen LogP contribution is -2.35. The van der Waals surface area contributed by atoms with Gasteiger partial charge in [-0.15, -0.1) is 16.4 Å². The molecular weight excluding hydrogens is 376 g/mol. The van der Waals surface area contributed by atoms with Gasteiger partial charge in [0.2, 0.25) is 5.91 Å². The van der Waals surface area contributed by atoms with Gasteiger partial charge in [-0.1, -0.05) is 19.1 Å². The molecule has 28 heavy (non-hydrogen) atoms.